The first-order chi connectivity index (χ1) is 7.00. The number of rotatable bonds is 4. The highest BCUT2D eigenvalue weighted by atomic mass is 79.9. The van der Waals surface area contributed by atoms with Gasteiger partial charge in [0.2, 0.25) is 5.91 Å². The summed E-state index contributed by atoms with van der Waals surface area (Å²) in [7, 11) is 0. The standard InChI is InChI=1S/C10H12BrClN2O/c1-6(10(13)15)14-5-7-4-8(12)2-3-9(7)11/h2-4,6,14H,5H2,1H3,(H2,13,15). The van der Waals surface area contributed by atoms with E-state index in [1.54, 1.807) is 13.0 Å². The maximum absolute atomic E-state index is 10.8. The Morgan fingerprint density at radius 3 is 2.93 bits per heavy atom. The molecule has 0 radical (unpaired) electrons. The molecule has 3 N–H and O–H groups in total. The molecule has 5 heteroatoms. The molecule has 0 aliphatic heterocycles. The van der Waals surface area contributed by atoms with Gasteiger partial charge in [0.25, 0.3) is 0 Å². The van der Waals surface area contributed by atoms with Crippen LogP contribution in [0.1, 0.15) is 12.5 Å². The van der Waals surface area contributed by atoms with Gasteiger partial charge in [-0.2, -0.15) is 0 Å². The van der Waals surface area contributed by atoms with Crippen LogP contribution in [0.15, 0.2) is 22.7 Å². The van der Waals surface area contributed by atoms with Crippen molar-refractivity contribution in [3.63, 3.8) is 0 Å². The smallest absolute Gasteiger partial charge is 0.234 e. The zero-order chi connectivity index (χ0) is 11.4. The van der Waals surface area contributed by atoms with Crippen LogP contribution in [0.5, 0.6) is 0 Å². The molecule has 0 aliphatic carbocycles. The second kappa shape index (κ2) is 5.49. The number of hydrogen-bond donors (Lipinski definition) is 2. The predicted molar refractivity (Wildman–Crippen MR) is 64.6 cm³/mol. The van der Waals surface area contributed by atoms with Gasteiger partial charge < -0.3 is 11.1 Å². The van der Waals surface area contributed by atoms with Crippen LogP contribution in [0.4, 0.5) is 0 Å². The number of carbonyl (C=O) groups is 1. The minimum Gasteiger partial charge on any atom is -0.368 e. The molecule has 0 spiro atoms. The number of primary amides is 1. The van der Waals surface area contributed by atoms with Crippen LogP contribution in [0.2, 0.25) is 5.02 Å². The molecule has 3 nitrogen and oxygen atoms in total. The molecular formula is C10H12BrClN2O. The number of halogens is 2. The summed E-state index contributed by atoms with van der Waals surface area (Å²) in [6.45, 7) is 2.27. The van der Waals surface area contributed by atoms with E-state index in [0.717, 1.165) is 10.0 Å². The second-order valence-corrected chi connectivity index (χ2v) is 4.53. The molecule has 82 valence electrons. The lowest BCUT2D eigenvalue weighted by atomic mass is 10.2. The van der Waals surface area contributed by atoms with Gasteiger partial charge in [0.05, 0.1) is 6.04 Å². The first-order valence-corrected chi connectivity index (χ1v) is 5.64. The Kier molecular flexibility index (Phi) is 4.57. The first-order valence-electron chi connectivity index (χ1n) is 4.47. The summed E-state index contributed by atoms with van der Waals surface area (Å²) >= 11 is 9.26. The third-order valence-electron chi connectivity index (χ3n) is 2.03. The van der Waals surface area contributed by atoms with Crippen LogP contribution in [0.25, 0.3) is 0 Å². The van der Waals surface area contributed by atoms with E-state index in [0.29, 0.717) is 11.6 Å². The van der Waals surface area contributed by atoms with Crippen molar-refractivity contribution >= 4 is 33.4 Å². The Hall–Kier alpha value is -0.580. The van der Waals surface area contributed by atoms with E-state index in [-0.39, 0.29) is 11.9 Å². The summed E-state index contributed by atoms with van der Waals surface area (Å²) in [5.41, 5.74) is 6.12. The molecule has 1 unspecified atom stereocenters. The van der Waals surface area contributed by atoms with Crippen LogP contribution in [-0.4, -0.2) is 11.9 Å². The number of nitrogens with one attached hydrogen (secondary N) is 1. The van der Waals surface area contributed by atoms with E-state index < -0.39 is 0 Å². The molecule has 0 fully saturated rings. The Labute approximate surface area is 102 Å². The molecule has 15 heavy (non-hydrogen) atoms. The van der Waals surface area contributed by atoms with E-state index in [1.165, 1.54) is 0 Å². The van der Waals surface area contributed by atoms with Crippen molar-refractivity contribution in [2.75, 3.05) is 0 Å². The highest BCUT2D eigenvalue weighted by Gasteiger charge is 2.08. The molecule has 1 rings (SSSR count). The van der Waals surface area contributed by atoms with Gasteiger partial charge in [-0.05, 0) is 30.7 Å². The number of benzene rings is 1. The molecule has 0 saturated heterocycles. The third kappa shape index (κ3) is 3.81. The van der Waals surface area contributed by atoms with Crippen LogP contribution >= 0.6 is 27.5 Å². The molecule has 0 aromatic heterocycles. The zero-order valence-electron chi connectivity index (χ0n) is 8.26. The van der Waals surface area contributed by atoms with Gasteiger partial charge in [-0.15, -0.1) is 0 Å². The SMILES string of the molecule is CC(NCc1cc(Cl)ccc1Br)C(N)=O. The average Bonchev–Trinajstić information content (AvgIpc) is 2.18. The van der Waals surface area contributed by atoms with Crippen LogP contribution in [0.3, 0.4) is 0 Å². The van der Waals surface area contributed by atoms with Crippen molar-refractivity contribution in [1.29, 1.82) is 0 Å². The van der Waals surface area contributed by atoms with Crippen molar-refractivity contribution in [1.82, 2.24) is 5.32 Å². The van der Waals surface area contributed by atoms with Crippen molar-refractivity contribution in [2.45, 2.75) is 19.5 Å². The summed E-state index contributed by atoms with van der Waals surface area (Å²) in [5.74, 6) is -0.367. The normalized spacial score (nSPS) is 12.5. The third-order valence-corrected chi connectivity index (χ3v) is 3.04. The first kappa shape index (κ1) is 12.5. The fourth-order valence-electron chi connectivity index (χ4n) is 1.04. The summed E-state index contributed by atoms with van der Waals surface area (Å²) in [6.07, 6.45) is 0. The van der Waals surface area contributed by atoms with Crippen LogP contribution in [0, 0.1) is 0 Å². The van der Waals surface area contributed by atoms with Gasteiger partial charge >= 0.3 is 0 Å². The van der Waals surface area contributed by atoms with Gasteiger partial charge in [0.15, 0.2) is 0 Å². The lowest BCUT2D eigenvalue weighted by Crippen LogP contribution is -2.38. The van der Waals surface area contributed by atoms with E-state index >= 15 is 0 Å². The number of hydrogen-bond acceptors (Lipinski definition) is 2. The summed E-state index contributed by atoms with van der Waals surface area (Å²) < 4.78 is 0.955. The predicted octanol–water partition coefficient (Wildman–Crippen LogP) is 2.07. The monoisotopic (exact) mass is 290 g/mol. The second-order valence-electron chi connectivity index (χ2n) is 3.24. The average molecular weight is 292 g/mol. The molecule has 0 bridgehead atoms. The van der Waals surface area contributed by atoms with Crippen molar-refractivity contribution in [2.24, 2.45) is 5.73 Å². The Morgan fingerprint density at radius 2 is 2.33 bits per heavy atom. The molecule has 1 aromatic rings. The molecule has 0 heterocycles. The van der Waals surface area contributed by atoms with E-state index in [9.17, 15) is 4.79 Å². The minimum absolute atomic E-state index is 0.351. The van der Waals surface area contributed by atoms with E-state index in [2.05, 4.69) is 21.2 Å². The number of carbonyl (C=O) groups excluding carboxylic acids is 1. The molecular weight excluding hydrogens is 279 g/mol. The maximum Gasteiger partial charge on any atom is 0.234 e. The summed E-state index contributed by atoms with van der Waals surface area (Å²) in [4.78, 5) is 10.8. The molecule has 0 saturated carbocycles. The Bertz CT molecular complexity index is 370. The highest BCUT2D eigenvalue weighted by molar-refractivity contribution is 9.10. The Balaban J connectivity index is 2.65. The summed E-state index contributed by atoms with van der Waals surface area (Å²) in [6, 6.07) is 5.16. The van der Waals surface area contributed by atoms with Gasteiger partial charge in [-0.3, -0.25) is 4.79 Å². The molecule has 1 aromatic carbocycles. The van der Waals surface area contributed by atoms with Gasteiger partial charge in [0.1, 0.15) is 0 Å². The highest BCUT2D eigenvalue weighted by Crippen LogP contribution is 2.20. The van der Waals surface area contributed by atoms with Crippen LogP contribution in [-0.2, 0) is 11.3 Å². The summed E-state index contributed by atoms with van der Waals surface area (Å²) in [5, 5.41) is 3.67. The van der Waals surface area contributed by atoms with Crippen molar-refractivity contribution < 1.29 is 4.79 Å². The molecule has 0 aliphatic rings. The fraction of sp³-hybridized carbons (Fsp3) is 0.300. The van der Waals surface area contributed by atoms with Crippen molar-refractivity contribution in [3.05, 3.63) is 33.3 Å². The van der Waals surface area contributed by atoms with Gasteiger partial charge in [-0.1, -0.05) is 27.5 Å². The van der Waals surface area contributed by atoms with E-state index in [1.807, 2.05) is 12.1 Å². The fourth-order valence-corrected chi connectivity index (χ4v) is 1.62. The largest absolute Gasteiger partial charge is 0.368 e. The number of nitrogens with two attached hydrogens (primary N) is 1. The van der Waals surface area contributed by atoms with Gasteiger partial charge in [-0.25, -0.2) is 0 Å². The van der Waals surface area contributed by atoms with Crippen LogP contribution < -0.4 is 11.1 Å². The van der Waals surface area contributed by atoms with Gasteiger partial charge in [0, 0.05) is 16.0 Å². The Morgan fingerprint density at radius 1 is 1.67 bits per heavy atom. The molecule has 1 amide bonds. The lowest BCUT2D eigenvalue weighted by Gasteiger charge is -2.11. The van der Waals surface area contributed by atoms with Crippen molar-refractivity contribution in [3.8, 4) is 0 Å². The lowest BCUT2D eigenvalue weighted by molar-refractivity contribution is -0.119. The zero-order valence-corrected chi connectivity index (χ0v) is 10.6. The molecule has 1 atom stereocenters. The number of amides is 1. The minimum atomic E-state index is -0.367. The topological polar surface area (TPSA) is 55.1 Å². The maximum atomic E-state index is 10.8. The van der Waals surface area contributed by atoms with E-state index in [4.69, 9.17) is 17.3 Å². The quantitative estimate of drug-likeness (QED) is 0.892.